The fraction of sp³-hybridized carbons (Fsp3) is 0.182. The van der Waals surface area contributed by atoms with Crippen LogP contribution in [0.25, 0.3) is 10.6 Å². The Hall–Kier alpha value is -3.63. The molecule has 4 rings (SSSR count). The molecule has 1 atom stereocenters. The Morgan fingerprint density at radius 1 is 1.12 bits per heavy atom. The molecule has 170 valence electrons. The molecule has 11 heteroatoms. The van der Waals surface area contributed by atoms with Gasteiger partial charge in [0, 0.05) is 10.6 Å². The van der Waals surface area contributed by atoms with Crippen LogP contribution in [0.4, 0.5) is 0 Å². The zero-order valence-corrected chi connectivity index (χ0v) is 18.9. The standard InChI is InChI=1S/C22H18ClN3O6S/c1-12-19(33-21(24-12)13-6-8-14(23)9-7-13)22(29)31-11-18(27)25-26-20(28)17-10-30-15-4-2-3-5-16(15)32-17/h2-9,17H,10-11H2,1H3,(H,25,27)(H,26,28). The van der Waals surface area contributed by atoms with Crippen molar-refractivity contribution in [3.63, 3.8) is 0 Å². The van der Waals surface area contributed by atoms with Gasteiger partial charge in [-0.25, -0.2) is 9.78 Å². The van der Waals surface area contributed by atoms with Crippen molar-refractivity contribution in [3.05, 3.63) is 64.1 Å². The minimum atomic E-state index is -0.936. The van der Waals surface area contributed by atoms with Crippen molar-refractivity contribution in [2.24, 2.45) is 0 Å². The smallest absolute Gasteiger partial charge is 0.350 e. The van der Waals surface area contributed by atoms with Gasteiger partial charge in [0.1, 0.15) is 16.5 Å². The molecule has 0 aliphatic carbocycles. The van der Waals surface area contributed by atoms with E-state index in [9.17, 15) is 14.4 Å². The Morgan fingerprint density at radius 2 is 1.85 bits per heavy atom. The molecule has 1 unspecified atom stereocenters. The van der Waals surface area contributed by atoms with E-state index in [4.69, 9.17) is 25.8 Å². The highest BCUT2D eigenvalue weighted by Gasteiger charge is 2.27. The van der Waals surface area contributed by atoms with E-state index in [-0.39, 0.29) is 11.5 Å². The number of amides is 2. The Balaban J connectivity index is 1.26. The molecule has 1 aliphatic heterocycles. The quantitative estimate of drug-likeness (QED) is 0.420. The summed E-state index contributed by atoms with van der Waals surface area (Å²) in [5, 5.41) is 1.22. The molecule has 2 aromatic carbocycles. The summed E-state index contributed by atoms with van der Waals surface area (Å²) in [6.07, 6.45) is -0.936. The summed E-state index contributed by atoms with van der Waals surface area (Å²) < 4.78 is 16.1. The van der Waals surface area contributed by atoms with Crippen molar-refractivity contribution in [2.75, 3.05) is 13.2 Å². The number of nitrogens with one attached hydrogen (secondary N) is 2. The minimum absolute atomic E-state index is 0.00564. The number of esters is 1. The maximum absolute atomic E-state index is 12.4. The van der Waals surface area contributed by atoms with Crippen LogP contribution in [0.5, 0.6) is 11.5 Å². The number of benzene rings is 2. The van der Waals surface area contributed by atoms with E-state index < -0.39 is 30.5 Å². The fourth-order valence-electron chi connectivity index (χ4n) is 2.90. The molecule has 1 aliphatic rings. The molecule has 9 nitrogen and oxygen atoms in total. The molecule has 1 aromatic heterocycles. The van der Waals surface area contributed by atoms with Gasteiger partial charge in [-0.15, -0.1) is 11.3 Å². The summed E-state index contributed by atoms with van der Waals surface area (Å²) >= 11 is 7.05. The summed E-state index contributed by atoms with van der Waals surface area (Å²) in [5.74, 6) is -1.03. The molecule has 2 amide bonds. The number of carbonyl (C=O) groups is 3. The van der Waals surface area contributed by atoms with Crippen LogP contribution in [-0.2, 0) is 14.3 Å². The number of carbonyl (C=O) groups excluding carboxylic acids is 3. The Morgan fingerprint density at radius 3 is 2.61 bits per heavy atom. The lowest BCUT2D eigenvalue weighted by atomic mass is 10.2. The van der Waals surface area contributed by atoms with E-state index in [1.54, 1.807) is 55.5 Å². The summed E-state index contributed by atoms with van der Waals surface area (Å²) in [5.41, 5.74) is 5.71. The van der Waals surface area contributed by atoms with Crippen LogP contribution in [0.15, 0.2) is 48.5 Å². The van der Waals surface area contributed by atoms with Gasteiger partial charge in [-0.3, -0.25) is 20.4 Å². The number of aryl methyl sites for hydroxylation is 1. The van der Waals surface area contributed by atoms with E-state index in [0.29, 0.717) is 27.2 Å². The van der Waals surface area contributed by atoms with Gasteiger partial charge in [-0.2, -0.15) is 0 Å². The minimum Gasteiger partial charge on any atom is -0.485 e. The van der Waals surface area contributed by atoms with Gasteiger partial charge in [-0.05, 0) is 31.2 Å². The fourth-order valence-corrected chi connectivity index (χ4v) is 3.99. The molecule has 3 aromatic rings. The van der Waals surface area contributed by atoms with Gasteiger partial charge in [-0.1, -0.05) is 35.9 Å². The van der Waals surface area contributed by atoms with Gasteiger partial charge in [0.25, 0.3) is 11.8 Å². The van der Waals surface area contributed by atoms with Crippen molar-refractivity contribution >= 4 is 40.7 Å². The molecule has 33 heavy (non-hydrogen) atoms. The van der Waals surface area contributed by atoms with E-state index in [1.165, 1.54) is 0 Å². The number of hydrazine groups is 1. The number of hydrogen-bond acceptors (Lipinski definition) is 8. The van der Waals surface area contributed by atoms with E-state index in [2.05, 4.69) is 15.8 Å². The first kappa shape index (κ1) is 22.6. The SMILES string of the molecule is Cc1nc(-c2ccc(Cl)cc2)sc1C(=O)OCC(=O)NNC(=O)C1COc2ccccc2O1. The average Bonchev–Trinajstić information content (AvgIpc) is 3.22. The van der Waals surface area contributed by atoms with Crippen molar-refractivity contribution < 1.29 is 28.6 Å². The predicted molar refractivity (Wildman–Crippen MR) is 120 cm³/mol. The summed E-state index contributed by atoms with van der Waals surface area (Å²) in [4.78, 5) is 41.3. The van der Waals surface area contributed by atoms with Crippen LogP contribution in [0, 0.1) is 6.92 Å². The zero-order valence-electron chi connectivity index (χ0n) is 17.3. The molecule has 0 spiro atoms. The number of ether oxygens (including phenoxy) is 3. The van der Waals surface area contributed by atoms with Crippen molar-refractivity contribution in [3.8, 4) is 22.1 Å². The lowest BCUT2D eigenvalue weighted by Gasteiger charge is -2.25. The van der Waals surface area contributed by atoms with Crippen LogP contribution >= 0.6 is 22.9 Å². The van der Waals surface area contributed by atoms with Crippen molar-refractivity contribution in [1.82, 2.24) is 15.8 Å². The number of hydrogen-bond donors (Lipinski definition) is 2. The Bertz CT molecular complexity index is 1200. The van der Waals surface area contributed by atoms with Crippen molar-refractivity contribution in [2.45, 2.75) is 13.0 Å². The highest BCUT2D eigenvalue weighted by molar-refractivity contribution is 7.17. The number of para-hydroxylation sites is 2. The van der Waals surface area contributed by atoms with Crippen molar-refractivity contribution in [1.29, 1.82) is 0 Å². The topological polar surface area (TPSA) is 116 Å². The van der Waals surface area contributed by atoms with Gasteiger partial charge in [0.05, 0.1) is 5.69 Å². The highest BCUT2D eigenvalue weighted by atomic mass is 35.5. The Kier molecular flexibility index (Phi) is 6.76. The number of thiazole rings is 1. The zero-order chi connectivity index (χ0) is 23.4. The second-order valence-electron chi connectivity index (χ2n) is 6.92. The Labute approximate surface area is 197 Å². The first-order valence-electron chi connectivity index (χ1n) is 9.78. The third-order valence-corrected chi connectivity index (χ3v) is 5.97. The predicted octanol–water partition coefficient (Wildman–Crippen LogP) is 2.92. The van der Waals surface area contributed by atoms with Gasteiger partial charge >= 0.3 is 5.97 Å². The van der Waals surface area contributed by atoms with Crippen LogP contribution in [0.2, 0.25) is 5.02 Å². The molecule has 0 saturated heterocycles. The van der Waals surface area contributed by atoms with E-state index >= 15 is 0 Å². The first-order valence-corrected chi connectivity index (χ1v) is 11.0. The van der Waals surface area contributed by atoms with Crippen LogP contribution in [0.1, 0.15) is 15.4 Å². The van der Waals surface area contributed by atoms with E-state index in [0.717, 1.165) is 16.9 Å². The third kappa shape index (κ3) is 5.41. The molecule has 0 fully saturated rings. The summed E-state index contributed by atoms with van der Waals surface area (Å²) in [6, 6.07) is 14.0. The third-order valence-electron chi connectivity index (χ3n) is 4.53. The lowest BCUT2D eigenvalue weighted by Crippen LogP contribution is -2.51. The molecule has 0 saturated carbocycles. The van der Waals surface area contributed by atoms with Gasteiger partial charge < -0.3 is 14.2 Å². The normalized spacial score (nSPS) is 14.3. The van der Waals surface area contributed by atoms with Gasteiger partial charge in [0.2, 0.25) is 6.10 Å². The molecule has 0 bridgehead atoms. The number of halogens is 1. The lowest BCUT2D eigenvalue weighted by molar-refractivity contribution is -0.135. The molecule has 2 N–H and O–H groups in total. The number of aromatic nitrogens is 1. The summed E-state index contributed by atoms with van der Waals surface area (Å²) in [7, 11) is 0. The number of fused-ring (bicyclic) bond motifs is 1. The van der Waals surface area contributed by atoms with Crippen LogP contribution in [0.3, 0.4) is 0 Å². The maximum Gasteiger partial charge on any atom is 0.350 e. The first-order chi connectivity index (χ1) is 15.9. The van der Waals surface area contributed by atoms with E-state index in [1.807, 2.05) is 0 Å². The van der Waals surface area contributed by atoms with Crippen LogP contribution < -0.4 is 20.3 Å². The molecular weight excluding hydrogens is 470 g/mol. The van der Waals surface area contributed by atoms with Crippen LogP contribution in [-0.4, -0.2) is 42.1 Å². The largest absolute Gasteiger partial charge is 0.485 e. The second kappa shape index (κ2) is 9.88. The summed E-state index contributed by atoms with van der Waals surface area (Å²) in [6.45, 7) is 1.09. The number of rotatable bonds is 5. The monoisotopic (exact) mass is 487 g/mol. The molecular formula is C22H18ClN3O6S. The second-order valence-corrected chi connectivity index (χ2v) is 8.35. The maximum atomic E-state index is 12.4. The average molecular weight is 488 g/mol. The van der Waals surface area contributed by atoms with Gasteiger partial charge in [0.15, 0.2) is 18.1 Å². The number of nitrogens with zero attached hydrogens (tertiary/aromatic N) is 1. The highest BCUT2D eigenvalue weighted by Crippen LogP contribution is 2.31. The molecule has 2 heterocycles. The molecule has 0 radical (unpaired) electrons.